The van der Waals surface area contributed by atoms with Crippen molar-refractivity contribution in [2.24, 2.45) is 0 Å². The Morgan fingerprint density at radius 3 is 2.06 bits per heavy atom. The van der Waals surface area contributed by atoms with Gasteiger partial charge in [0.2, 0.25) is 0 Å². The topological polar surface area (TPSA) is 15.7 Å². The summed E-state index contributed by atoms with van der Waals surface area (Å²) in [6.07, 6.45) is 2.19. The molecule has 0 aromatic carbocycles. The van der Waals surface area contributed by atoms with Crippen LogP contribution in [0.3, 0.4) is 0 Å². The van der Waals surface area contributed by atoms with Crippen LogP contribution in [0.2, 0.25) is 0 Å². The molecule has 0 spiro atoms. The summed E-state index contributed by atoms with van der Waals surface area (Å²) < 4.78 is 5.21. The van der Waals surface area contributed by atoms with E-state index in [1.807, 2.05) is 14.1 Å². The average molecular weight is 285 g/mol. The first kappa shape index (κ1) is 17.5. The third-order valence-electron chi connectivity index (χ3n) is 2.45. The molecule has 0 aromatic heterocycles. The number of halogens is 2. The first-order valence-corrected chi connectivity index (χ1v) is 7.34. The van der Waals surface area contributed by atoms with Gasteiger partial charge < -0.3 is 9.64 Å². The normalized spacial score (nSPS) is 16.8. The van der Waals surface area contributed by atoms with Crippen LogP contribution in [0.4, 0.5) is 0 Å². The van der Waals surface area contributed by atoms with Crippen LogP contribution in [0.25, 0.3) is 0 Å². The van der Waals surface area contributed by atoms with Crippen molar-refractivity contribution in [1.82, 2.24) is 9.80 Å². The maximum absolute atomic E-state index is 5.56. The summed E-state index contributed by atoms with van der Waals surface area (Å²) in [5.74, 6) is 1.55. The Labute approximate surface area is 116 Å². The Balaban J connectivity index is 0.000000325. The second-order valence-corrected chi connectivity index (χ2v) is 5.10. The van der Waals surface area contributed by atoms with Gasteiger partial charge in [0, 0.05) is 24.8 Å². The molecule has 0 unspecified atom stereocenters. The smallest absolute Gasteiger partial charge is 0.0594 e. The monoisotopic (exact) mass is 284 g/mol. The zero-order valence-electron chi connectivity index (χ0n) is 11.1. The number of hydrogen-bond donors (Lipinski definition) is 0. The summed E-state index contributed by atoms with van der Waals surface area (Å²) >= 11 is 11.0. The minimum atomic E-state index is 0.775. The number of nitrogens with zero attached hydrogens (tertiary/aromatic N) is 2. The molecule has 0 amide bonds. The first-order chi connectivity index (χ1) is 8.20. The van der Waals surface area contributed by atoms with Gasteiger partial charge in [0.25, 0.3) is 0 Å². The molecule has 1 rings (SSSR count). The van der Waals surface area contributed by atoms with Gasteiger partial charge in [-0.25, -0.2) is 0 Å². The van der Waals surface area contributed by atoms with Crippen molar-refractivity contribution < 1.29 is 4.74 Å². The van der Waals surface area contributed by atoms with Gasteiger partial charge in [0.15, 0.2) is 0 Å². The van der Waals surface area contributed by atoms with E-state index in [1.54, 1.807) is 0 Å². The maximum atomic E-state index is 5.56. The van der Waals surface area contributed by atoms with Gasteiger partial charge >= 0.3 is 0 Å². The summed E-state index contributed by atoms with van der Waals surface area (Å²) in [6, 6.07) is 0. The third-order valence-corrected chi connectivity index (χ3v) is 2.99. The van der Waals surface area contributed by atoms with E-state index in [-0.39, 0.29) is 0 Å². The molecule has 1 fully saturated rings. The molecule has 0 bridgehead atoms. The number of ether oxygens (including phenoxy) is 1. The molecule has 1 aliphatic heterocycles. The Hall–Kier alpha value is 0.460. The van der Waals surface area contributed by atoms with Crippen molar-refractivity contribution in [1.29, 1.82) is 0 Å². The van der Waals surface area contributed by atoms with Crippen LogP contribution in [-0.2, 0) is 4.74 Å². The molecule has 0 radical (unpaired) electrons. The van der Waals surface area contributed by atoms with Crippen LogP contribution in [0.5, 0.6) is 0 Å². The van der Waals surface area contributed by atoms with Crippen molar-refractivity contribution in [3.05, 3.63) is 0 Å². The molecule has 0 saturated carbocycles. The van der Waals surface area contributed by atoms with Crippen LogP contribution in [0.15, 0.2) is 0 Å². The van der Waals surface area contributed by atoms with Crippen LogP contribution in [-0.4, -0.2) is 75.0 Å². The fourth-order valence-corrected chi connectivity index (χ4v) is 1.72. The highest BCUT2D eigenvalue weighted by Crippen LogP contribution is 1.98. The lowest BCUT2D eigenvalue weighted by atomic mass is 10.4. The van der Waals surface area contributed by atoms with Crippen molar-refractivity contribution in [3.63, 3.8) is 0 Å². The Morgan fingerprint density at radius 2 is 1.65 bits per heavy atom. The van der Waals surface area contributed by atoms with Crippen molar-refractivity contribution in [3.8, 4) is 0 Å². The molecule has 0 N–H and O–H groups in total. The predicted molar refractivity (Wildman–Crippen MR) is 76.5 cm³/mol. The van der Waals surface area contributed by atoms with E-state index in [0.717, 1.165) is 64.0 Å². The van der Waals surface area contributed by atoms with E-state index in [1.165, 1.54) is 0 Å². The molecule has 0 atom stereocenters. The third kappa shape index (κ3) is 12.7. The van der Waals surface area contributed by atoms with E-state index in [9.17, 15) is 0 Å². The van der Waals surface area contributed by atoms with E-state index in [2.05, 4.69) is 9.80 Å². The second kappa shape index (κ2) is 12.9. The molecular weight excluding hydrogens is 259 g/mol. The number of morpholine rings is 1. The lowest BCUT2D eigenvalue weighted by Crippen LogP contribution is -2.36. The summed E-state index contributed by atoms with van der Waals surface area (Å²) in [5.41, 5.74) is 0. The molecule has 3 nitrogen and oxygen atoms in total. The molecule has 0 aromatic rings. The van der Waals surface area contributed by atoms with E-state index >= 15 is 0 Å². The predicted octanol–water partition coefficient (Wildman–Crippen LogP) is 2.12. The standard InChI is InChI=1S/C7H14ClNO.C5H12ClN/c8-2-1-3-9-4-6-10-7-5-9;1-7(2)5-3-4-6/h1-7H2;3-5H2,1-2H3. The largest absolute Gasteiger partial charge is 0.379 e. The Morgan fingerprint density at radius 1 is 1.06 bits per heavy atom. The van der Waals surface area contributed by atoms with Gasteiger partial charge in [-0.3, -0.25) is 4.90 Å². The quantitative estimate of drug-likeness (QED) is 0.695. The van der Waals surface area contributed by atoms with Crippen LogP contribution in [0.1, 0.15) is 12.8 Å². The summed E-state index contributed by atoms with van der Waals surface area (Å²) in [4.78, 5) is 4.52. The Kier molecular flexibility index (Phi) is 13.3. The number of alkyl halides is 2. The summed E-state index contributed by atoms with van der Waals surface area (Å²) in [7, 11) is 4.10. The fraction of sp³-hybridized carbons (Fsp3) is 1.00. The van der Waals surface area contributed by atoms with Gasteiger partial charge in [-0.15, -0.1) is 23.2 Å². The SMILES string of the molecule is CN(C)CCCCl.ClCCCN1CCOCC1. The maximum Gasteiger partial charge on any atom is 0.0594 e. The zero-order chi connectivity index (χ0) is 12.9. The fourth-order valence-electron chi connectivity index (χ4n) is 1.48. The minimum absolute atomic E-state index is 0.775. The van der Waals surface area contributed by atoms with Crippen LogP contribution < -0.4 is 0 Å². The van der Waals surface area contributed by atoms with E-state index in [4.69, 9.17) is 27.9 Å². The molecular formula is C12H26Cl2N2O. The van der Waals surface area contributed by atoms with Crippen molar-refractivity contribution in [2.75, 3.05) is 65.2 Å². The van der Waals surface area contributed by atoms with Crippen molar-refractivity contribution >= 4 is 23.2 Å². The lowest BCUT2D eigenvalue weighted by molar-refractivity contribution is 0.0381. The Bertz CT molecular complexity index is 153. The average Bonchev–Trinajstić information content (AvgIpc) is 2.36. The first-order valence-electron chi connectivity index (χ1n) is 6.27. The highest BCUT2D eigenvalue weighted by Gasteiger charge is 2.08. The van der Waals surface area contributed by atoms with E-state index < -0.39 is 0 Å². The second-order valence-electron chi connectivity index (χ2n) is 4.34. The molecule has 104 valence electrons. The van der Waals surface area contributed by atoms with Gasteiger partial charge in [0.05, 0.1) is 13.2 Å². The summed E-state index contributed by atoms with van der Waals surface area (Å²) in [6.45, 7) is 6.18. The molecule has 0 aliphatic carbocycles. The van der Waals surface area contributed by atoms with Crippen LogP contribution >= 0.6 is 23.2 Å². The van der Waals surface area contributed by atoms with Crippen molar-refractivity contribution in [2.45, 2.75) is 12.8 Å². The lowest BCUT2D eigenvalue weighted by Gasteiger charge is -2.25. The van der Waals surface area contributed by atoms with Gasteiger partial charge in [-0.2, -0.15) is 0 Å². The highest BCUT2D eigenvalue weighted by atomic mass is 35.5. The number of rotatable bonds is 6. The number of hydrogen-bond acceptors (Lipinski definition) is 3. The molecule has 5 heteroatoms. The molecule has 1 aliphatic rings. The van der Waals surface area contributed by atoms with Crippen LogP contribution in [0, 0.1) is 0 Å². The zero-order valence-corrected chi connectivity index (χ0v) is 12.6. The van der Waals surface area contributed by atoms with Gasteiger partial charge in [0.1, 0.15) is 0 Å². The summed E-state index contributed by atoms with van der Waals surface area (Å²) in [5, 5.41) is 0. The van der Waals surface area contributed by atoms with Gasteiger partial charge in [-0.05, 0) is 40.0 Å². The highest BCUT2D eigenvalue weighted by molar-refractivity contribution is 6.18. The minimum Gasteiger partial charge on any atom is -0.379 e. The molecule has 1 saturated heterocycles. The molecule has 1 heterocycles. The van der Waals surface area contributed by atoms with E-state index in [0.29, 0.717) is 0 Å². The molecule has 17 heavy (non-hydrogen) atoms. The van der Waals surface area contributed by atoms with Gasteiger partial charge in [-0.1, -0.05) is 0 Å².